The molecule has 0 bridgehead atoms. The monoisotopic (exact) mass is 985 g/mol. The van der Waals surface area contributed by atoms with Gasteiger partial charge in [-0.3, -0.25) is 0 Å². The molecule has 178 valence electrons. The Morgan fingerprint density at radius 2 is 1.35 bits per heavy atom. The summed E-state index contributed by atoms with van der Waals surface area (Å²) in [6.07, 6.45) is 2.35. The van der Waals surface area contributed by atoms with Crippen molar-refractivity contribution in [3.63, 3.8) is 0 Å². The van der Waals surface area contributed by atoms with Gasteiger partial charge in [-0.15, -0.1) is 0 Å². The molecule has 5 heteroatoms. The van der Waals surface area contributed by atoms with Crippen molar-refractivity contribution < 1.29 is 13.3 Å². The topological polar surface area (TPSA) is 0 Å². The third-order valence-corrected chi connectivity index (χ3v) is 5.04. The van der Waals surface area contributed by atoms with Crippen molar-refractivity contribution in [2.75, 3.05) is 0 Å². The maximum atomic E-state index is 2.39. The summed E-state index contributed by atoms with van der Waals surface area (Å²) in [6, 6.07) is 17.6. The molecule has 1 unspecified atom stereocenters. The van der Waals surface area contributed by atoms with Crippen LogP contribution in [-0.4, -0.2) is 0 Å². The summed E-state index contributed by atoms with van der Waals surface area (Å²) in [5.74, 6) is 1.46. The quantitative estimate of drug-likeness (QED) is 0.263. The first-order chi connectivity index (χ1) is 14.7. The van der Waals surface area contributed by atoms with Crippen molar-refractivity contribution in [2.45, 2.75) is 74.1 Å². The molecule has 2 aromatic rings. The van der Waals surface area contributed by atoms with Gasteiger partial charge in [-0.25, -0.2) is 0 Å². The van der Waals surface area contributed by atoms with Crippen LogP contribution in [0.15, 0.2) is 54.1 Å². The zero-order valence-electron chi connectivity index (χ0n) is 20.1. The van der Waals surface area contributed by atoms with Gasteiger partial charge in [-0.2, -0.15) is 0 Å². The van der Waals surface area contributed by atoms with E-state index >= 15 is 0 Å². The van der Waals surface area contributed by atoms with Crippen LogP contribution in [0.2, 0.25) is 0 Å². The third-order valence-electron chi connectivity index (χ3n) is 5.04. The molecule has 0 fully saturated rings. The molecular weight excluding hydrogens is 947 g/mol. The zero-order valence-corrected chi connectivity index (χ0v) is 30.9. The first-order valence-corrected chi connectivity index (χ1v) is 29.4. The number of allylic oxidation sites excluding steroid dienone is 2. The van der Waals surface area contributed by atoms with E-state index in [9.17, 15) is 0 Å². The Labute approximate surface area is 245 Å². The summed E-state index contributed by atoms with van der Waals surface area (Å²) in [5.41, 5.74) is 8.48. The van der Waals surface area contributed by atoms with Gasteiger partial charge in [0.05, 0.1) is 0 Å². The minimum atomic E-state index is 0.530. The fourth-order valence-electron chi connectivity index (χ4n) is 3.67. The molecule has 0 N–H and O–H groups in total. The van der Waals surface area contributed by atoms with Crippen LogP contribution in [0.25, 0.3) is 5.57 Å². The molecule has 1 atom stereocenters. The molecule has 31 heavy (non-hydrogen) atoms. The number of aryl methyl sites for hydroxylation is 2. The molecule has 0 amide bonds. The molecule has 2 rings (SSSR count). The molecule has 0 aliphatic carbocycles. The summed E-state index contributed by atoms with van der Waals surface area (Å²) in [6.45, 7) is 17.8. The van der Waals surface area contributed by atoms with E-state index in [1.807, 2.05) is 0 Å². The molecule has 0 saturated heterocycles. The molecule has 0 aromatic heterocycles. The first-order valence-electron chi connectivity index (χ1n) is 10.5. The van der Waals surface area contributed by atoms with Crippen molar-refractivity contribution in [1.82, 2.24) is 0 Å². The van der Waals surface area contributed by atoms with E-state index in [4.69, 9.17) is 0 Å². The summed E-state index contributed by atoms with van der Waals surface area (Å²) in [5, 5.41) is 0. The van der Waals surface area contributed by atoms with E-state index in [2.05, 4.69) is 178 Å². The average molecular weight is 985 g/mol. The summed E-state index contributed by atoms with van der Waals surface area (Å²) in [7, 11) is 0. The van der Waals surface area contributed by atoms with Crippen LogP contribution in [-0.2, 0) is 0 Å². The summed E-state index contributed by atoms with van der Waals surface area (Å²) in [4.78, 5) is 0. The molecule has 0 saturated carbocycles. The van der Waals surface area contributed by atoms with Crippen molar-refractivity contribution in [2.24, 2.45) is 5.92 Å². The Bertz CT molecular complexity index is 734. The average Bonchev–Trinajstić information content (AvgIpc) is 2.71. The van der Waals surface area contributed by atoms with Crippen LogP contribution in [0.1, 0.15) is 82.6 Å². The van der Waals surface area contributed by atoms with Crippen LogP contribution in [0.5, 0.6) is 0 Å². The van der Waals surface area contributed by atoms with Crippen molar-refractivity contribution in [3.8, 4) is 0 Å². The van der Waals surface area contributed by atoms with E-state index in [-0.39, 0.29) is 0 Å². The van der Waals surface area contributed by atoms with Gasteiger partial charge >= 0.3 is 50.5 Å². The predicted molar refractivity (Wildman–Crippen MR) is 175 cm³/mol. The second-order valence-electron chi connectivity index (χ2n) is 7.93. The third kappa shape index (κ3) is 16.2. The second-order valence-corrected chi connectivity index (χ2v) is 24.2. The normalized spacial score (nSPS) is 10.6. The van der Waals surface area contributed by atoms with Crippen LogP contribution in [0, 0.1) is 19.8 Å². The number of hydrogen-bond acceptors (Lipinski definition) is 0. The number of benzene rings is 2. The van der Waals surface area contributed by atoms with E-state index < -0.39 is 0 Å². The van der Waals surface area contributed by atoms with Crippen molar-refractivity contribution in [3.05, 3.63) is 76.4 Å². The van der Waals surface area contributed by atoms with Gasteiger partial charge in [0.25, 0.3) is 0 Å². The Morgan fingerprint density at radius 1 is 0.871 bits per heavy atom. The zero-order chi connectivity index (χ0) is 24.4. The SMILES string of the molecule is CCC(=C(C)C)c1cccc(C)c1.CCC(c1cccc(C)c1)C(C)C.II.I[I-]I. The van der Waals surface area contributed by atoms with Crippen LogP contribution >= 0.6 is 74.5 Å². The number of hydrogen-bond donors (Lipinski definition) is 0. The van der Waals surface area contributed by atoms with Gasteiger partial charge in [-0.1, -0.05) is 92.9 Å². The molecule has 0 nitrogen and oxygen atoms in total. The molecular formula is C26H38I5-. The molecule has 0 aliphatic heterocycles. The molecule has 0 heterocycles. The van der Waals surface area contributed by atoms with Crippen molar-refractivity contribution in [1.29, 1.82) is 0 Å². The van der Waals surface area contributed by atoms with E-state index in [0.717, 1.165) is 18.3 Å². The number of rotatable bonds is 5. The number of halogens is 5. The Hall–Kier alpha value is 1.83. The maximum absolute atomic E-state index is 2.39. The second kappa shape index (κ2) is 22.3. The van der Waals surface area contributed by atoms with Gasteiger partial charge in [0.15, 0.2) is 0 Å². The summed E-state index contributed by atoms with van der Waals surface area (Å²) < 4.78 is 0. The van der Waals surface area contributed by atoms with Gasteiger partial charge in [0, 0.05) is 37.2 Å². The standard InChI is InChI=1S/C13H20.C13H18.I3.I2/c2*1-5-13(10(2)3)12-8-6-7-11(4)9-12;1-3-2;1-2/h6-10,13H,5H2,1-4H3;6-9H,5H2,1-4H3;;/q;;-1;. The van der Waals surface area contributed by atoms with E-state index in [1.165, 1.54) is 39.8 Å². The Morgan fingerprint density at radius 3 is 1.71 bits per heavy atom. The fourth-order valence-corrected chi connectivity index (χ4v) is 3.67. The van der Waals surface area contributed by atoms with Gasteiger partial charge < -0.3 is 0 Å². The van der Waals surface area contributed by atoms with E-state index in [0.29, 0.717) is 13.3 Å². The minimum absolute atomic E-state index is 0.530. The Kier molecular flexibility index (Phi) is 25.2. The Balaban J connectivity index is 0. The van der Waals surface area contributed by atoms with Crippen LogP contribution in [0.4, 0.5) is 0 Å². The van der Waals surface area contributed by atoms with E-state index in [1.54, 1.807) is 0 Å². The molecule has 2 aromatic carbocycles. The van der Waals surface area contributed by atoms with Gasteiger partial charge in [0.1, 0.15) is 0 Å². The predicted octanol–water partition coefficient (Wildman–Crippen LogP) is 8.89. The van der Waals surface area contributed by atoms with Crippen molar-refractivity contribution >= 4 is 80.0 Å². The molecule has 0 spiro atoms. The fraction of sp³-hybridized carbons (Fsp3) is 0.462. The molecule has 0 aliphatic rings. The summed E-state index contributed by atoms with van der Waals surface area (Å²) >= 11 is 9.54. The van der Waals surface area contributed by atoms with Gasteiger partial charge in [0.2, 0.25) is 0 Å². The van der Waals surface area contributed by atoms with Crippen LogP contribution in [0.3, 0.4) is 0 Å². The van der Waals surface area contributed by atoms with Gasteiger partial charge in [-0.05, 0) is 69.1 Å². The molecule has 0 radical (unpaired) electrons. The van der Waals surface area contributed by atoms with Crippen LogP contribution < -0.4 is 13.3 Å². The first kappa shape index (κ1) is 35.0.